The third-order valence-corrected chi connectivity index (χ3v) is 5.49. The van der Waals surface area contributed by atoms with Crippen LogP contribution in [0.25, 0.3) is 11.3 Å². The van der Waals surface area contributed by atoms with Gasteiger partial charge in [-0.1, -0.05) is 0 Å². The van der Waals surface area contributed by atoms with Crippen molar-refractivity contribution in [1.29, 1.82) is 0 Å². The zero-order valence-electron chi connectivity index (χ0n) is 18.8. The van der Waals surface area contributed by atoms with Gasteiger partial charge in [-0.3, -0.25) is 10.1 Å². The molecule has 3 aromatic rings. The fraction of sp³-hybridized carbons (Fsp3) is 0.333. The van der Waals surface area contributed by atoms with E-state index in [0.717, 1.165) is 17.0 Å². The molecule has 2 heterocycles. The van der Waals surface area contributed by atoms with Crippen LogP contribution in [0.15, 0.2) is 35.7 Å². The minimum atomic E-state index is -0.317. The Labute approximate surface area is 196 Å². The first-order valence-electron chi connectivity index (χ1n) is 10.9. The van der Waals surface area contributed by atoms with E-state index in [1.54, 1.807) is 12.1 Å². The van der Waals surface area contributed by atoms with Crippen molar-refractivity contribution in [3.8, 4) is 40.0 Å². The smallest absolute Gasteiger partial charge is 0.257 e. The molecule has 174 valence electrons. The van der Waals surface area contributed by atoms with Gasteiger partial charge in [0.2, 0.25) is 5.75 Å². The molecule has 4 rings (SSSR count). The Morgan fingerprint density at radius 2 is 1.64 bits per heavy atom. The van der Waals surface area contributed by atoms with Gasteiger partial charge in [0.25, 0.3) is 5.91 Å². The van der Waals surface area contributed by atoms with Crippen LogP contribution < -0.4 is 29.0 Å². The van der Waals surface area contributed by atoms with Gasteiger partial charge in [0.1, 0.15) is 13.2 Å². The molecular formula is C24H26N2O6S. The highest BCUT2D eigenvalue weighted by molar-refractivity contribution is 7.14. The molecule has 0 bridgehead atoms. The third-order valence-electron chi connectivity index (χ3n) is 4.73. The first-order chi connectivity index (χ1) is 16.1. The predicted octanol–water partition coefficient (Wildman–Crippen LogP) is 5.03. The standard InChI is InChI=1S/C24H26N2O6S/c1-4-28-20-12-16(13-21(29-5-2)22(20)30-6-3)23(27)26-24-25-17(14-33-24)15-7-8-18-19(11-15)32-10-9-31-18/h7-8,11-14H,4-6,9-10H2,1-3H3,(H,25,26,27). The molecule has 1 N–H and O–H groups in total. The Morgan fingerprint density at radius 1 is 0.970 bits per heavy atom. The molecule has 8 nitrogen and oxygen atoms in total. The lowest BCUT2D eigenvalue weighted by Crippen LogP contribution is -2.15. The summed E-state index contributed by atoms with van der Waals surface area (Å²) >= 11 is 1.34. The molecule has 9 heteroatoms. The van der Waals surface area contributed by atoms with Crippen molar-refractivity contribution in [2.24, 2.45) is 0 Å². The fourth-order valence-electron chi connectivity index (χ4n) is 3.36. The number of thiazole rings is 1. The van der Waals surface area contributed by atoms with Crippen molar-refractivity contribution in [2.45, 2.75) is 20.8 Å². The van der Waals surface area contributed by atoms with E-state index < -0.39 is 0 Å². The van der Waals surface area contributed by atoms with E-state index in [9.17, 15) is 4.79 Å². The van der Waals surface area contributed by atoms with Gasteiger partial charge in [-0.05, 0) is 51.1 Å². The van der Waals surface area contributed by atoms with E-state index in [4.69, 9.17) is 23.7 Å². The number of anilines is 1. The summed E-state index contributed by atoms with van der Waals surface area (Å²) in [6.45, 7) is 8.01. The summed E-state index contributed by atoms with van der Waals surface area (Å²) in [6, 6.07) is 8.99. The second-order valence-electron chi connectivity index (χ2n) is 6.95. The topological polar surface area (TPSA) is 88.1 Å². The maximum Gasteiger partial charge on any atom is 0.257 e. The van der Waals surface area contributed by atoms with E-state index in [1.807, 2.05) is 44.4 Å². The number of aromatic nitrogens is 1. The van der Waals surface area contributed by atoms with Crippen molar-refractivity contribution in [3.05, 3.63) is 41.3 Å². The zero-order chi connectivity index (χ0) is 23.2. The van der Waals surface area contributed by atoms with Crippen LogP contribution in [0.4, 0.5) is 5.13 Å². The van der Waals surface area contributed by atoms with Crippen molar-refractivity contribution in [1.82, 2.24) is 4.98 Å². The predicted molar refractivity (Wildman–Crippen MR) is 126 cm³/mol. The Kier molecular flexibility index (Phi) is 7.19. The molecule has 0 fully saturated rings. The Morgan fingerprint density at radius 3 is 2.30 bits per heavy atom. The van der Waals surface area contributed by atoms with Crippen molar-refractivity contribution in [2.75, 3.05) is 38.4 Å². The fourth-order valence-corrected chi connectivity index (χ4v) is 4.07. The number of amides is 1. The van der Waals surface area contributed by atoms with Crippen molar-refractivity contribution >= 4 is 22.4 Å². The van der Waals surface area contributed by atoms with Crippen LogP contribution in [0.5, 0.6) is 28.7 Å². The quantitative estimate of drug-likeness (QED) is 0.469. The second-order valence-corrected chi connectivity index (χ2v) is 7.81. The van der Waals surface area contributed by atoms with E-state index >= 15 is 0 Å². The van der Waals surface area contributed by atoms with Gasteiger partial charge in [-0.25, -0.2) is 4.98 Å². The lowest BCUT2D eigenvalue weighted by molar-refractivity contribution is 0.102. The van der Waals surface area contributed by atoms with Crippen LogP contribution in [-0.2, 0) is 0 Å². The summed E-state index contributed by atoms with van der Waals surface area (Å²) in [7, 11) is 0. The molecule has 0 radical (unpaired) electrons. The number of hydrogen-bond acceptors (Lipinski definition) is 8. The number of rotatable bonds is 9. The Hall–Kier alpha value is -3.46. The molecule has 1 amide bonds. The van der Waals surface area contributed by atoms with Crippen LogP contribution in [0, 0.1) is 0 Å². The lowest BCUT2D eigenvalue weighted by atomic mass is 10.1. The average Bonchev–Trinajstić information content (AvgIpc) is 3.29. The summed E-state index contributed by atoms with van der Waals surface area (Å²) in [4.78, 5) is 17.6. The lowest BCUT2D eigenvalue weighted by Gasteiger charge is -2.18. The molecule has 0 atom stereocenters. The normalized spacial score (nSPS) is 12.2. The van der Waals surface area contributed by atoms with E-state index in [2.05, 4.69) is 10.3 Å². The third kappa shape index (κ3) is 5.14. The number of hydrogen-bond donors (Lipinski definition) is 1. The van der Waals surface area contributed by atoms with Gasteiger partial charge in [0, 0.05) is 16.5 Å². The molecule has 0 saturated heterocycles. The highest BCUT2D eigenvalue weighted by atomic mass is 32.1. The van der Waals surface area contributed by atoms with Gasteiger partial charge in [0.15, 0.2) is 28.1 Å². The first-order valence-corrected chi connectivity index (χ1v) is 11.7. The molecule has 0 aliphatic carbocycles. The minimum absolute atomic E-state index is 0.317. The molecular weight excluding hydrogens is 444 g/mol. The van der Waals surface area contributed by atoms with Crippen LogP contribution in [-0.4, -0.2) is 43.9 Å². The summed E-state index contributed by atoms with van der Waals surface area (Å²) in [5, 5.41) is 5.23. The van der Waals surface area contributed by atoms with Crippen molar-refractivity contribution < 1.29 is 28.5 Å². The summed E-state index contributed by atoms with van der Waals surface area (Å²) in [5.41, 5.74) is 2.01. The summed E-state index contributed by atoms with van der Waals surface area (Å²) < 4.78 is 28.3. The molecule has 1 aromatic heterocycles. The zero-order valence-corrected chi connectivity index (χ0v) is 19.6. The minimum Gasteiger partial charge on any atom is -0.490 e. The first kappa shape index (κ1) is 22.7. The van der Waals surface area contributed by atoms with Gasteiger partial charge < -0.3 is 23.7 Å². The molecule has 33 heavy (non-hydrogen) atoms. The van der Waals surface area contributed by atoms with Crippen LogP contribution >= 0.6 is 11.3 Å². The highest BCUT2D eigenvalue weighted by Gasteiger charge is 2.20. The average molecular weight is 471 g/mol. The Balaban J connectivity index is 1.55. The number of ether oxygens (including phenoxy) is 5. The van der Waals surface area contributed by atoms with E-state index in [0.29, 0.717) is 66.7 Å². The van der Waals surface area contributed by atoms with Gasteiger partial charge in [-0.2, -0.15) is 0 Å². The highest BCUT2D eigenvalue weighted by Crippen LogP contribution is 2.40. The Bertz CT molecular complexity index is 1100. The maximum atomic E-state index is 13.0. The van der Waals surface area contributed by atoms with Crippen molar-refractivity contribution in [3.63, 3.8) is 0 Å². The van der Waals surface area contributed by atoms with Gasteiger partial charge in [0.05, 0.1) is 25.5 Å². The number of carbonyl (C=O) groups is 1. The number of fused-ring (bicyclic) bond motifs is 1. The molecule has 0 spiro atoms. The molecule has 1 aliphatic heterocycles. The van der Waals surface area contributed by atoms with Crippen LogP contribution in [0.1, 0.15) is 31.1 Å². The maximum absolute atomic E-state index is 13.0. The SMILES string of the molecule is CCOc1cc(C(=O)Nc2nc(-c3ccc4c(c3)OCCO4)cs2)cc(OCC)c1OCC. The summed E-state index contributed by atoms with van der Waals surface area (Å²) in [6.07, 6.45) is 0. The molecule has 0 saturated carbocycles. The van der Waals surface area contributed by atoms with E-state index in [1.165, 1.54) is 11.3 Å². The van der Waals surface area contributed by atoms with Gasteiger partial charge >= 0.3 is 0 Å². The van der Waals surface area contributed by atoms with Crippen LogP contribution in [0.2, 0.25) is 0 Å². The van der Waals surface area contributed by atoms with Crippen LogP contribution in [0.3, 0.4) is 0 Å². The molecule has 0 unspecified atom stereocenters. The second kappa shape index (κ2) is 10.4. The largest absolute Gasteiger partial charge is 0.490 e. The number of nitrogens with one attached hydrogen (secondary N) is 1. The molecule has 2 aromatic carbocycles. The number of carbonyl (C=O) groups excluding carboxylic acids is 1. The van der Waals surface area contributed by atoms with Gasteiger partial charge in [-0.15, -0.1) is 11.3 Å². The number of benzene rings is 2. The monoisotopic (exact) mass is 470 g/mol. The van der Waals surface area contributed by atoms with E-state index in [-0.39, 0.29) is 5.91 Å². The molecule has 1 aliphatic rings. The number of nitrogens with zero attached hydrogens (tertiary/aromatic N) is 1. The summed E-state index contributed by atoms with van der Waals surface area (Å²) in [5.74, 6) is 2.52.